The molecule has 1 heterocycles. The third-order valence-corrected chi connectivity index (χ3v) is 4.37. The molecule has 1 aliphatic rings. The molecule has 0 aliphatic heterocycles. The van der Waals surface area contributed by atoms with E-state index >= 15 is 0 Å². The van der Waals surface area contributed by atoms with E-state index in [1.807, 2.05) is 4.57 Å². The van der Waals surface area contributed by atoms with Gasteiger partial charge in [-0.15, -0.1) is 10.2 Å². The minimum Gasteiger partial charge on any atom is -0.481 e. The summed E-state index contributed by atoms with van der Waals surface area (Å²) in [6.07, 6.45) is 3.59. The van der Waals surface area contributed by atoms with Crippen LogP contribution in [0.3, 0.4) is 0 Å². The van der Waals surface area contributed by atoms with Gasteiger partial charge in [0.1, 0.15) is 6.61 Å². The molecule has 18 heavy (non-hydrogen) atoms. The first-order valence-corrected chi connectivity index (χ1v) is 7.01. The fourth-order valence-electron chi connectivity index (χ4n) is 2.18. The Morgan fingerprint density at radius 1 is 1.56 bits per heavy atom. The summed E-state index contributed by atoms with van der Waals surface area (Å²) in [5.41, 5.74) is 0. The maximum Gasteiger partial charge on any atom is 0.313 e. The summed E-state index contributed by atoms with van der Waals surface area (Å²) in [5.74, 6) is 0.176. The van der Waals surface area contributed by atoms with Crippen LogP contribution >= 0.6 is 11.8 Å². The number of hydrogen-bond donors (Lipinski definition) is 2. The number of carboxylic acid groups (broad SMARTS) is 1. The van der Waals surface area contributed by atoms with Crippen LogP contribution in [-0.4, -0.2) is 36.7 Å². The van der Waals surface area contributed by atoms with Crippen molar-refractivity contribution in [2.75, 3.05) is 5.75 Å². The van der Waals surface area contributed by atoms with Crippen molar-refractivity contribution in [3.8, 4) is 0 Å². The Morgan fingerprint density at radius 3 is 2.78 bits per heavy atom. The van der Waals surface area contributed by atoms with Gasteiger partial charge in [-0.05, 0) is 25.7 Å². The number of carboxylic acids is 1. The van der Waals surface area contributed by atoms with Crippen molar-refractivity contribution in [3.05, 3.63) is 5.82 Å². The van der Waals surface area contributed by atoms with Crippen molar-refractivity contribution in [2.24, 2.45) is 5.92 Å². The number of aliphatic hydroxyl groups excluding tert-OH is 1. The second kappa shape index (κ2) is 5.71. The number of thioether (sulfide) groups is 1. The van der Waals surface area contributed by atoms with Gasteiger partial charge in [0.15, 0.2) is 11.0 Å². The van der Waals surface area contributed by atoms with Gasteiger partial charge in [0, 0.05) is 6.04 Å². The minimum absolute atomic E-state index is 0.0407. The molecule has 1 atom stereocenters. The zero-order chi connectivity index (χ0) is 13.1. The van der Waals surface area contributed by atoms with Crippen LogP contribution in [0.5, 0.6) is 0 Å². The first-order valence-electron chi connectivity index (χ1n) is 6.02. The number of hydrogen-bond acceptors (Lipinski definition) is 5. The number of aliphatic carboxylic acids is 1. The summed E-state index contributed by atoms with van der Waals surface area (Å²) in [5, 5.41) is 26.5. The van der Waals surface area contributed by atoms with Crippen molar-refractivity contribution in [2.45, 2.75) is 44.0 Å². The molecule has 1 aliphatic carbocycles. The van der Waals surface area contributed by atoms with E-state index in [1.54, 1.807) is 0 Å². The van der Waals surface area contributed by atoms with E-state index in [9.17, 15) is 9.90 Å². The molecule has 1 saturated carbocycles. The molecule has 0 radical (unpaired) electrons. The fraction of sp³-hybridized carbons (Fsp3) is 0.727. The van der Waals surface area contributed by atoms with Gasteiger partial charge in [-0.2, -0.15) is 0 Å². The van der Waals surface area contributed by atoms with Crippen LogP contribution < -0.4 is 0 Å². The van der Waals surface area contributed by atoms with E-state index in [4.69, 9.17) is 5.11 Å². The zero-order valence-electron chi connectivity index (χ0n) is 10.2. The fourth-order valence-corrected chi connectivity index (χ4v) is 2.94. The summed E-state index contributed by atoms with van der Waals surface area (Å²) in [7, 11) is 0. The lowest BCUT2D eigenvalue weighted by Crippen LogP contribution is -2.25. The molecule has 0 amide bonds. The molecule has 0 aromatic carbocycles. The molecule has 2 N–H and O–H groups in total. The summed E-state index contributed by atoms with van der Waals surface area (Å²) < 4.78 is 1.89. The highest BCUT2D eigenvalue weighted by Crippen LogP contribution is 2.38. The third-order valence-electron chi connectivity index (χ3n) is 3.44. The quantitative estimate of drug-likeness (QED) is 0.758. The number of nitrogens with zero attached hydrogens (tertiary/aromatic N) is 3. The average Bonchev–Trinajstić information content (AvgIpc) is 2.66. The number of aromatic nitrogens is 3. The molecule has 1 aromatic heterocycles. The highest BCUT2D eigenvalue weighted by molar-refractivity contribution is 7.99. The van der Waals surface area contributed by atoms with Crippen LogP contribution in [-0.2, 0) is 11.4 Å². The highest BCUT2D eigenvalue weighted by atomic mass is 32.2. The van der Waals surface area contributed by atoms with Crippen molar-refractivity contribution in [3.63, 3.8) is 0 Å². The lowest BCUT2D eigenvalue weighted by Gasteiger charge is -2.33. The van der Waals surface area contributed by atoms with Crippen LogP contribution in [0.25, 0.3) is 0 Å². The van der Waals surface area contributed by atoms with Gasteiger partial charge in [-0.1, -0.05) is 18.2 Å². The predicted octanol–water partition coefficient (Wildman–Crippen LogP) is 1.31. The van der Waals surface area contributed by atoms with Crippen LogP contribution in [0, 0.1) is 5.92 Å². The van der Waals surface area contributed by atoms with Crippen molar-refractivity contribution in [1.82, 2.24) is 14.8 Å². The first kappa shape index (κ1) is 13.4. The molecule has 0 bridgehead atoms. The van der Waals surface area contributed by atoms with Gasteiger partial charge in [0.25, 0.3) is 0 Å². The van der Waals surface area contributed by atoms with Crippen LogP contribution in [0.2, 0.25) is 0 Å². The maximum atomic E-state index is 10.6. The molecular weight excluding hydrogens is 254 g/mol. The summed E-state index contributed by atoms with van der Waals surface area (Å²) in [6, 6.07) is 0.215. The number of aliphatic hydroxyl groups is 1. The Labute approximate surface area is 109 Å². The van der Waals surface area contributed by atoms with Gasteiger partial charge >= 0.3 is 5.97 Å². The zero-order valence-corrected chi connectivity index (χ0v) is 11.1. The monoisotopic (exact) mass is 271 g/mol. The van der Waals surface area contributed by atoms with Gasteiger partial charge in [-0.3, -0.25) is 4.79 Å². The molecule has 7 heteroatoms. The molecule has 1 aromatic rings. The van der Waals surface area contributed by atoms with E-state index in [1.165, 1.54) is 19.3 Å². The van der Waals surface area contributed by atoms with E-state index in [-0.39, 0.29) is 18.4 Å². The van der Waals surface area contributed by atoms with Crippen molar-refractivity contribution in [1.29, 1.82) is 0 Å². The second-order valence-electron chi connectivity index (χ2n) is 4.54. The molecule has 0 spiro atoms. The summed E-state index contributed by atoms with van der Waals surface area (Å²) >= 11 is 1.15. The van der Waals surface area contributed by atoms with Gasteiger partial charge < -0.3 is 14.8 Å². The van der Waals surface area contributed by atoms with E-state index < -0.39 is 5.97 Å². The molecule has 1 unspecified atom stereocenters. The van der Waals surface area contributed by atoms with E-state index in [0.717, 1.165) is 11.8 Å². The van der Waals surface area contributed by atoms with E-state index in [0.29, 0.717) is 16.9 Å². The third kappa shape index (κ3) is 2.67. The number of carbonyl (C=O) groups is 1. The highest BCUT2D eigenvalue weighted by Gasteiger charge is 2.28. The van der Waals surface area contributed by atoms with Gasteiger partial charge in [0.05, 0.1) is 5.75 Å². The molecule has 100 valence electrons. The topological polar surface area (TPSA) is 88.2 Å². The standard InChI is InChI=1S/C11H17N3O3S/c1-7(8-3-2-4-8)14-9(5-15)12-13-11(14)18-6-10(16)17/h7-8,15H,2-6H2,1H3,(H,16,17). The van der Waals surface area contributed by atoms with E-state index in [2.05, 4.69) is 17.1 Å². The molecule has 2 rings (SSSR count). The summed E-state index contributed by atoms with van der Waals surface area (Å²) in [4.78, 5) is 10.6. The van der Waals surface area contributed by atoms with Crippen LogP contribution in [0.15, 0.2) is 5.16 Å². The second-order valence-corrected chi connectivity index (χ2v) is 5.48. The Morgan fingerprint density at radius 2 is 2.28 bits per heavy atom. The minimum atomic E-state index is -0.878. The smallest absolute Gasteiger partial charge is 0.313 e. The van der Waals surface area contributed by atoms with Crippen molar-refractivity contribution < 1.29 is 15.0 Å². The van der Waals surface area contributed by atoms with Crippen LogP contribution in [0.1, 0.15) is 38.1 Å². The molecule has 1 fully saturated rings. The van der Waals surface area contributed by atoms with Crippen LogP contribution in [0.4, 0.5) is 0 Å². The van der Waals surface area contributed by atoms with Gasteiger partial charge in [0.2, 0.25) is 0 Å². The maximum absolute atomic E-state index is 10.6. The largest absolute Gasteiger partial charge is 0.481 e. The Balaban J connectivity index is 2.18. The van der Waals surface area contributed by atoms with Crippen molar-refractivity contribution >= 4 is 17.7 Å². The average molecular weight is 271 g/mol. The lowest BCUT2D eigenvalue weighted by atomic mass is 9.80. The Kier molecular flexibility index (Phi) is 4.23. The number of rotatable bonds is 6. The SMILES string of the molecule is CC(C1CCC1)n1c(CO)nnc1SCC(=O)O. The molecule has 0 saturated heterocycles. The Hall–Kier alpha value is -1.08. The van der Waals surface area contributed by atoms with Gasteiger partial charge in [-0.25, -0.2) is 0 Å². The predicted molar refractivity (Wildman–Crippen MR) is 66.4 cm³/mol. The normalized spacial score (nSPS) is 17.4. The first-order chi connectivity index (χ1) is 8.63. The summed E-state index contributed by atoms with van der Waals surface area (Å²) in [6.45, 7) is 1.91. The lowest BCUT2D eigenvalue weighted by molar-refractivity contribution is -0.133. The molecule has 6 nitrogen and oxygen atoms in total. The Bertz CT molecular complexity index is 431. The molecular formula is C11H17N3O3S.